The van der Waals surface area contributed by atoms with Crippen molar-refractivity contribution in [2.45, 2.75) is 17.9 Å². The van der Waals surface area contributed by atoms with E-state index in [-0.39, 0.29) is 36.1 Å². The monoisotopic (exact) mass is 407 g/mol. The third-order valence-corrected chi connectivity index (χ3v) is 5.65. The summed E-state index contributed by atoms with van der Waals surface area (Å²) in [7, 11) is 0.115. The third-order valence-electron chi connectivity index (χ3n) is 4.17. The molecule has 2 aromatic carbocycles. The Bertz CT molecular complexity index is 873. The molecule has 2 aromatic rings. The fraction of sp³-hybridized carbons (Fsp3) is 0.350. The molecule has 0 saturated carbocycles. The van der Waals surface area contributed by atoms with Crippen LogP contribution in [0.1, 0.15) is 12.0 Å². The van der Waals surface area contributed by atoms with Gasteiger partial charge in [-0.05, 0) is 32.3 Å². The maximum atomic E-state index is 14.0. The van der Waals surface area contributed by atoms with Crippen LogP contribution in [0.5, 0.6) is 0 Å². The molecule has 152 valence electrons. The van der Waals surface area contributed by atoms with Crippen molar-refractivity contribution in [2.75, 3.05) is 33.7 Å². The number of halogens is 1. The van der Waals surface area contributed by atoms with Crippen molar-refractivity contribution >= 4 is 15.9 Å². The van der Waals surface area contributed by atoms with Gasteiger partial charge in [0.25, 0.3) is 0 Å². The number of likely N-dealkylation sites (N-methyl/N-ethyl adjacent to an activating group) is 1. The number of sulfonamides is 1. The van der Waals surface area contributed by atoms with Crippen LogP contribution in [0, 0.1) is 5.82 Å². The Labute approximate surface area is 166 Å². The van der Waals surface area contributed by atoms with E-state index in [9.17, 15) is 17.6 Å². The minimum Gasteiger partial charge on any atom is -0.337 e. The smallest absolute Gasteiger partial charge is 0.240 e. The molecule has 1 amide bonds. The SMILES string of the molecule is CN(C)CCN(Cc1ccccc1F)C(=O)CCNS(=O)(=O)c1ccccc1. The Balaban J connectivity index is 1.98. The standard InChI is InChI=1S/C20H26FN3O3S/c1-23(2)14-15-24(16-17-8-6-7-11-19(17)21)20(25)12-13-22-28(26,27)18-9-4-3-5-10-18/h3-11,22H,12-16H2,1-2H3. The lowest BCUT2D eigenvalue weighted by molar-refractivity contribution is -0.131. The number of amides is 1. The van der Waals surface area contributed by atoms with E-state index >= 15 is 0 Å². The van der Waals surface area contributed by atoms with Gasteiger partial charge < -0.3 is 9.80 Å². The maximum absolute atomic E-state index is 14.0. The molecule has 0 atom stereocenters. The summed E-state index contributed by atoms with van der Waals surface area (Å²) >= 11 is 0. The normalized spacial score (nSPS) is 11.6. The second kappa shape index (κ2) is 10.3. The maximum Gasteiger partial charge on any atom is 0.240 e. The van der Waals surface area contributed by atoms with Gasteiger partial charge in [0.05, 0.1) is 4.90 Å². The molecular formula is C20H26FN3O3S. The highest BCUT2D eigenvalue weighted by Gasteiger charge is 2.18. The van der Waals surface area contributed by atoms with Crippen molar-refractivity contribution in [3.8, 4) is 0 Å². The van der Waals surface area contributed by atoms with Gasteiger partial charge in [-0.2, -0.15) is 0 Å². The minimum absolute atomic E-state index is 0.00601. The van der Waals surface area contributed by atoms with Gasteiger partial charge >= 0.3 is 0 Å². The van der Waals surface area contributed by atoms with Crippen LogP contribution in [0.25, 0.3) is 0 Å². The van der Waals surface area contributed by atoms with E-state index in [0.29, 0.717) is 18.7 Å². The van der Waals surface area contributed by atoms with Crippen molar-refractivity contribution in [1.29, 1.82) is 0 Å². The van der Waals surface area contributed by atoms with Crippen molar-refractivity contribution in [3.63, 3.8) is 0 Å². The highest BCUT2D eigenvalue weighted by atomic mass is 32.2. The number of nitrogens with zero attached hydrogens (tertiary/aromatic N) is 2. The zero-order valence-electron chi connectivity index (χ0n) is 16.1. The Morgan fingerprint density at radius 2 is 1.64 bits per heavy atom. The van der Waals surface area contributed by atoms with Gasteiger partial charge in [-0.15, -0.1) is 0 Å². The minimum atomic E-state index is -3.66. The quantitative estimate of drug-likeness (QED) is 0.655. The molecule has 0 fully saturated rings. The van der Waals surface area contributed by atoms with Crippen LogP contribution >= 0.6 is 0 Å². The Morgan fingerprint density at radius 1 is 1.00 bits per heavy atom. The number of nitrogens with one attached hydrogen (secondary N) is 1. The fourth-order valence-corrected chi connectivity index (χ4v) is 3.63. The van der Waals surface area contributed by atoms with Crippen LogP contribution in [0.2, 0.25) is 0 Å². The molecule has 0 unspecified atom stereocenters. The first-order valence-corrected chi connectivity index (χ1v) is 10.5. The van der Waals surface area contributed by atoms with Crippen molar-refractivity contribution in [1.82, 2.24) is 14.5 Å². The van der Waals surface area contributed by atoms with Crippen LogP contribution in [-0.4, -0.2) is 57.9 Å². The first-order valence-electron chi connectivity index (χ1n) is 9.00. The van der Waals surface area contributed by atoms with E-state index in [0.717, 1.165) is 0 Å². The lowest BCUT2D eigenvalue weighted by atomic mass is 10.2. The molecule has 0 radical (unpaired) electrons. The van der Waals surface area contributed by atoms with E-state index in [1.807, 2.05) is 19.0 Å². The van der Waals surface area contributed by atoms with Crippen LogP contribution in [0.4, 0.5) is 4.39 Å². The van der Waals surface area contributed by atoms with E-state index in [2.05, 4.69) is 4.72 Å². The topological polar surface area (TPSA) is 69.7 Å². The molecule has 6 nitrogen and oxygen atoms in total. The second-order valence-corrected chi connectivity index (χ2v) is 8.44. The van der Waals surface area contributed by atoms with Gasteiger partial charge in [-0.25, -0.2) is 17.5 Å². The molecule has 0 spiro atoms. The Hall–Kier alpha value is -2.29. The van der Waals surface area contributed by atoms with Crippen molar-refractivity contribution in [2.24, 2.45) is 0 Å². The molecule has 2 rings (SSSR count). The average Bonchev–Trinajstić information content (AvgIpc) is 2.66. The predicted octanol–water partition coefficient (Wildman–Crippen LogP) is 2.08. The first-order chi connectivity index (χ1) is 13.3. The molecule has 0 bridgehead atoms. The van der Waals surface area contributed by atoms with Crippen molar-refractivity contribution < 1.29 is 17.6 Å². The molecule has 0 aromatic heterocycles. The van der Waals surface area contributed by atoms with Gasteiger partial charge in [0, 0.05) is 38.2 Å². The summed E-state index contributed by atoms with van der Waals surface area (Å²) in [6.45, 7) is 1.16. The molecule has 0 heterocycles. The molecule has 1 N–H and O–H groups in total. The summed E-state index contributed by atoms with van der Waals surface area (Å²) in [4.78, 5) is 16.3. The number of hydrogen-bond acceptors (Lipinski definition) is 4. The number of hydrogen-bond donors (Lipinski definition) is 1. The van der Waals surface area contributed by atoms with E-state index in [1.54, 1.807) is 41.3 Å². The molecular weight excluding hydrogens is 381 g/mol. The predicted molar refractivity (Wildman–Crippen MR) is 107 cm³/mol. The lowest BCUT2D eigenvalue weighted by Gasteiger charge is -2.25. The molecule has 28 heavy (non-hydrogen) atoms. The number of rotatable bonds is 10. The molecule has 8 heteroatoms. The number of carbonyl (C=O) groups excluding carboxylic acids is 1. The van der Waals surface area contributed by atoms with Gasteiger partial charge in [0.2, 0.25) is 15.9 Å². The highest BCUT2D eigenvalue weighted by molar-refractivity contribution is 7.89. The number of carbonyl (C=O) groups is 1. The third kappa shape index (κ3) is 6.70. The van der Waals surface area contributed by atoms with Crippen LogP contribution in [0.15, 0.2) is 59.5 Å². The van der Waals surface area contributed by atoms with Crippen molar-refractivity contribution in [3.05, 3.63) is 66.0 Å². The van der Waals surface area contributed by atoms with Crippen LogP contribution in [0.3, 0.4) is 0 Å². The Kier molecular flexibility index (Phi) is 8.10. The van der Waals surface area contributed by atoms with Gasteiger partial charge in [-0.1, -0.05) is 36.4 Å². The summed E-state index contributed by atoms with van der Waals surface area (Å²) in [6.07, 6.45) is -0.00601. The lowest BCUT2D eigenvalue weighted by Crippen LogP contribution is -2.38. The molecule has 0 aliphatic carbocycles. The zero-order chi connectivity index (χ0) is 20.6. The van der Waals surface area contributed by atoms with Gasteiger partial charge in [0.15, 0.2) is 0 Å². The Morgan fingerprint density at radius 3 is 2.29 bits per heavy atom. The number of benzene rings is 2. The fourth-order valence-electron chi connectivity index (χ4n) is 2.58. The molecule has 0 aliphatic rings. The van der Waals surface area contributed by atoms with Gasteiger partial charge in [-0.3, -0.25) is 4.79 Å². The van der Waals surface area contributed by atoms with Gasteiger partial charge in [0.1, 0.15) is 5.82 Å². The van der Waals surface area contributed by atoms with E-state index in [4.69, 9.17) is 0 Å². The summed E-state index contributed by atoms with van der Waals surface area (Å²) in [6, 6.07) is 14.3. The second-order valence-electron chi connectivity index (χ2n) is 6.67. The summed E-state index contributed by atoms with van der Waals surface area (Å²) in [5.41, 5.74) is 0.430. The van der Waals surface area contributed by atoms with E-state index in [1.165, 1.54) is 18.2 Å². The summed E-state index contributed by atoms with van der Waals surface area (Å²) < 4.78 is 40.9. The van der Waals surface area contributed by atoms with Crippen LogP contribution < -0.4 is 4.72 Å². The molecule has 0 aliphatic heterocycles. The highest BCUT2D eigenvalue weighted by Crippen LogP contribution is 2.11. The summed E-state index contributed by atoms with van der Waals surface area (Å²) in [5.74, 6) is -0.601. The first kappa shape index (κ1) is 22.0. The van der Waals surface area contributed by atoms with Crippen LogP contribution in [-0.2, 0) is 21.4 Å². The average molecular weight is 408 g/mol. The zero-order valence-corrected chi connectivity index (χ0v) is 17.0. The summed E-state index contributed by atoms with van der Waals surface area (Å²) in [5, 5.41) is 0. The van der Waals surface area contributed by atoms with E-state index < -0.39 is 10.0 Å². The largest absolute Gasteiger partial charge is 0.337 e. The molecule has 0 saturated heterocycles.